The van der Waals surface area contributed by atoms with Crippen molar-refractivity contribution in [3.05, 3.63) is 12.7 Å². The Balaban J connectivity index is 0.000000183. The van der Waals surface area contributed by atoms with Crippen LogP contribution in [0, 0.1) is 0 Å². The maximum absolute atomic E-state index is 9.10. The van der Waals surface area contributed by atoms with Crippen LogP contribution in [-0.4, -0.2) is 37.3 Å². The first-order valence-corrected chi connectivity index (χ1v) is 2.39. The summed E-state index contributed by atoms with van der Waals surface area (Å²) in [5, 5.41) is 20.8. The number of nitrogens with zero attached hydrogens (tertiary/aromatic N) is 2. The number of aromatic amines is 1. The van der Waals surface area contributed by atoms with E-state index >= 15 is 0 Å². The zero-order valence-corrected chi connectivity index (χ0v) is 5.26. The third-order valence-corrected chi connectivity index (χ3v) is 0.514. The van der Waals surface area contributed by atoms with Gasteiger partial charge in [0.2, 0.25) is 0 Å². The minimum atomic E-state index is -1.82. The number of carboxylic acid groups (broad SMARTS) is 2. The topological polar surface area (TPSA) is 116 Å². The van der Waals surface area contributed by atoms with Crippen molar-refractivity contribution in [1.82, 2.24) is 15.2 Å². The average Bonchev–Trinajstić information content (AvgIpc) is 2.41. The molecule has 0 amide bonds. The minimum Gasteiger partial charge on any atom is -0.473 e. The molecule has 0 spiro atoms. The predicted molar refractivity (Wildman–Crippen MR) is 31.7 cm³/mol. The van der Waals surface area contributed by atoms with Crippen LogP contribution in [-0.2, 0) is 9.59 Å². The van der Waals surface area contributed by atoms with Crippen molar-refractivity contribution in [2.75, 3.05) is 0 Å². The van der Waals surface area contributed by atoms with E-state index in [1.807, 2.05) is 0 Å². The van der Waals surface area contributed by atoms with E-state index in [1.54, 1.807) is 0 Å². The van der Waals surface area contributed by atoms with Gasteiger partial charge in [0.1, 0.15) is 12.7 Å². The Hall–Kier alpha value is -1.92. The monoisotopic (exact) mass is 159 g/mol. The molecule has 0 aromatic carbocycles. The van der Waals surface area contributed by atoms with Gasteiger partial charge in [-0.3, -0.25) is 5.10 Å². The Bertz CT molecular complexity index is 190. The number of H-pyrrole nitrogens is 1. The Morgan fingerprint density at radius 1 is 1.27 bits per heavy atom. The van der Waals surface area contributed by atoms with Crippen molar-refractivity contribution in [3.8, 4) is 0 Å². The molecule has 0 saturated carbocycles. The van der Waals surface area contributed by atoms with Crippen molar-refractivity contribution in [2.24, 2.45) is 0 Å². The molecule has 1 aromatic heterocycles. The van der Waals surface area contributed by atoms with E-state index in [0.29, 0.717) is 0 Å². The molecule has 0 aliphatic carbocycles. The predicted octanol–water partition coefficient (Wildman–Crippen LogP) is -1.04. The second-order valence-electron chi connectivity index (χ2n) is 1.26. The van der Waals surface area contributed by atoms with E-state index < -0.39 is 11.9 Å². The van der Waals surface area contributed by atoms with Crippen LogP contribution in [0.1, 0.15) is 0 Å². The van der Waals surface area contributed by atoms with Gasteiger partial charge in [0, 0.05) is 0 Å². The highest BCUT2D eigenvalue weighted by atomic mass is 16.4. The van der Waals surface area contributed by atoms with E-state index in [-0.39, 0.29) is 0 Å². The summed E-state index contributed by atoms with van der Waals surface area (Å²) in [6, 6.07) is 0. The summed E-state index contributed by atoms with van der Waals surface area (Å²) in [5.74, 6) is -3.65. The molecule has 0 fully saturated rings. The molecule has 0 saturated heterocycles. The molecular formula is C4H5N3O4. The lowest BCUT2D eigenvalue weighted by atomic mass is 10.7. The molecule has 1 aromatic rings. The fraction of sp³-hybridized carbons (Fsp3) is 0. The van der Waals surface area contributed by atoms with Crippen LogP contribution in [0.3, 0.4) is 0 Å². The molecule has 3 N–H and O–H groups in total. The van der Waals surface area contributed by atoms with Crippen molar-refractivity contribution in [3.63, 3.8) is 0 Å². The SMILES string of the molecule is O=C(O)C(=O)O.c1nc[nH]n1. The second kappa shape index (κ2) is 4.91. The maximum Gasteiger partial charge on any atom is 0.414 e. The van der Waals surface area contributed by atoms with Crippen LogP contribution in [0.4, 0.5) is 0 Å². The van der Waals surface area contributed by atoms with Gasteiger partial charge in [-0.05, 0) is 0 Å². The molecule has 60 valence electrons. The highest BCUT2D eigenvalue weighted by Crippen LogP contribution is 1.56. The third-order valence-electron chi connectivity index (χ3n) is 0.514. The van der Waals surface area contributed by atoms with Gasteiger partial charge in [-0.25, -0.2) is 14.6 Å². The van der Waals surface area contributed by atoms with Gasteiger partial charge in [-0.15, -0.1) is 0 Å². The van der Waals surface area contributed by atoms with Crippen molar-refractivity contribution < 1.29 is 19.8 Å². The molecular weight excluding hydrogens is 154 g/mol. The summed E-state index contributed by atoms with van der Waals surface area (Å²) >= 11 is 0. The molecule has 1 rings (SSSR count). The normalized spacial score (nSPS) is 7.64. The van der Waals surface area contributed by atoms with E-state index in [1.165, 1.54) is 12.7 Å². The number of carboxylic acids is 2. The average molecular weight is 159 g/mol. The van der Waals surface area contributed by atoms with Gasteiger partial charge >= 0.3 is 11.9 Å². The number of nitrogens with one attached hydrogen (secondary N) is 1. The summed E-state index contributed by atoms with van der Waals surface area (Å²) < 4.78 is 0. The number of hydrogen-bond acceptors (Lipinski definition) is 4. The van der Waals surface area contributed by atoms with Gasteiger partial charge in [-0.1, -0.05) is 0 Å². The first-order chi connectivity index (χ1) is 5.14. The molecule has 0 aliphatic rings. The summed E-state index contributed by atoms with van der Waals surface area (Å²) in [6.45, 7) is 0. The molecule has 7 nitrogen and oxygen atoms in total. The summed E-state index contributed by atoms with van der Waals surface area (Å²) in [4.78, 5) is 21.8. The smallest absolute Gasteiger partial charge is 0.414 e. The highest BCUT2D eigenvalue weighted by molar-refractivity contribution is 6.27. The first kappa shape index (κ1) is 9.08. The third kappa shape index (κ3) is 5.96. The van der Waals surface area contributed by atoms with Gasteiger partial charge in [0.05, 0.1) is 0 Å². The van der Waals surface area contributed by atoms with Crippen molar-refractivity contribution in [2.45, 2.75) is 0 Å². The molecule has 0 atom stereocenters. The standard InChI is InChI=1S/C2H3N3.C2H2O4/c1-3-2-5-4-1;3-1(4)2(5)6/h1-2H,(H,3,4,5);(H,3,4)(H,5,6). The van der Waals surface area contributed by atoms with Crippen LogP contribution in [0.5, 0.6) is 0 Å². The second-order valence-corrected chi connectivity index (χ2v) is 1.26. The fourth-order valence-corrected chi connectivity index (χ4v) is 0.167. The largest absolute Gasteiger partial charge is 0.473 e. The van der Waals surface area contributed by atoms with Gasteiger partial charge in [-0.2, -0.15) is 5.10 Å². The summed E-state index contributed by atoms with van der Waals surface area (Å²) in [7, 11) is 0. The molecule has 0 aliphatic heterocycles. The van der Waals surface area contributed by atoms with E-state index in [9.17, 15) is 0 Å². The minimum absolute atomic E-state index is 1.44. The number of aliphatic carboxylic acids is 2. The highest BCUT2D eigenvalue weighted by Gasteiger charge is 2.04. The van der Waals surface area contributed by atoms with Crippen LogP contribution in [0.15, 0.2) is 12.7 Å². The number of aromatic nitrogens is 3. The zero-order valence-electron chi connectivity index (χ0n) is 5.26. The van der Waals surface area contributed by atoms with Gasteiger partial charge < -0.3 is 10.2 Å². The van der Waals surface area contributed by atoms with Crippen molar-refractivity contribution >= 4 is 11.9 Å². The number of carbonyl (C=O) groups is 2. The van der Waals surface area contributed by atoms with Crippen LogP contribution >= 0.6 is 0 Å². The number of rotatable bonds is 0. The van der Waals surface area contributed by atoms with E-state index in [0.717, 1.165) is 0 Å². The first-order valence-electron chi connectivity index (χ1n) is 2.39. The van der Waals surface area contributed by atoms with Gasteiger partial charge in [0.25, 0.3) is 0 Å². The Morgan fingerprint density at radius 3 is 1.91 bits per heavy atom. The lowest BCUT2D eigenvalue weighted by Gasteiger charge is -1.72. The van der Waals surface area contributed by atoms with E-state index in [2.05, 4.69) is 15.2 Å². The Morgan fingerprint density at radius 2 is 1.82 bits per heavy atom. The fourth-order valence-electron chi connectivity index (χ4n) is 0.167. The zero-order chi connectivity index (χ0) is 8.69. The molecule has 0 radical (unpaired) electrons. The van der Waals surface area contributed by atoms with Crippen LogP contribution in [0.25, 0.3) is 0 Å². The van der Waals surface area contributed by atoms with Crippen molar-refractivity contribution in [1.29, 1.82) is 0 Å². The number of hydrogen-bond donors (Lipinski definition) is 3. The lowest BCUT2D eigenvalue weighted by molar-refractivity contribution is -0.159. The van der Waals surface area contributed by atoms with Gasteiger partial charge in [0.15, 0.2) is 0 Å². The van der Waals surface area contributed by atoms with E-state index in [4.69, 9.17) is 19.8 Å². The molecule has 0 bridgehead atoms. The Labute approximate surface area is 60.7 Å². The van der Waals surface area contributed by atoms with Crippen LogP contribution in [0.2, 0.25) is 0 Å². The molecule has 0 unspecified atom stereocenters. The summed E-state index contributed by atoms with van der Waals surface area (Å²) in [6.07, 6.45) is 2.96. The molecule has 1 heterocycles. The molecule has 7 heteroatoms. The lowest BCUT2D eigenvalue weighted by Crippen LogP contribution is -2.09. The molecule has 11 heavy (non-hydrogen) atoms. The van der Waals surface area contributed by atoms with Crippen LogP contribution < -0.4 is 0 Å². The summed E-state index contributed by atoms with van der Waals surface area (Å²) in [5.41, 5.74) is 0. The Kier molecular flexibility index (Phi) is 4.06. The quantitative estimate of drug-likeness (QED) is 0.416. The maximum atomic E-state index is 9.10.